The summed E-state index contributed by atoms with van der Waals surface area (Å²) < 4.78 is 56.9. The molecule has 0 radical (unpaired) electrons. The highest BCUT2D eigenvalue weighted by atomic mass is 35.5. The van der Waals surface area contributed by atoms with E-state index >= 15 is 0 Å². The summed E-state index contributed by atoms with van der Waals surface area (Å²) in [7, 11) is -7.10. The van der Waals surface area contributed by atoms with E-state index in [2.05, 4.69) is 5.32 Å². The number of anilines is 1. The van der Waals surface area contributed by atoms with E-state index in [1.54, 1.807) is 68.4 Å². The van der Waals surface area contributed by atoms with Crippen molar-refractivity contribution in [2.75, 3.05) is 24.7 Å². The first-order valence-electron chi connectivity index (χ1n) is 14.7. The molecule has 0 spiro atoms. The molecule has 13 nitrogen and oxygen atoms in total. The lowest BCUT2D eigenvalue weighted by atomic mass is 10.1. The number of halogens is 1. The fraction of sp³-hybridized carbons (Fsp3) is 0.323. The van der Waals surface area contributed by atoms with Crippen molar-refractivity contribution in [2.24, 2.45) is 11.1 Å². The van der Waals surface area contributed by atoms with Crippen LogP contribution >= 0.6 is 23.4 Å². The Hall–Kier alpha value is -3.51. The second-order valence-corrected chi connectivity index (χ2v) is 16.7. The molecule has 3 unspecified atom stereocenters. The molecule has 3 aromatic carbocycles. The number of nitrogens with one attached hydrogen (secondary N) is 1. The highest BCUT2D eigenvalue weighted by molar-refractivity contribution is 8.14. The molecule has 3 aromatic rings. The quantitative estimate of drug-likeness (QED) is 0.276. The van der Waals surface area contributed by atoms with Crippen molar-refractivity contribution < 1.29 is 45.5 Å². The number of sulfonamides is 2. The number of hydrogen-bond donors (Lipinski definition) is 3. The zero-order valence-corrected chi connectivity index (χ0v) is 29.3. The predicted octanol–water partition coefficient (Wildman–Crippen LogP) is 4.50. The number of imide groups is 1. The number of hydrogen-bond acceptors (Lipinski definition) is 10. The molecule has 5 rings (SSSR count). The Balaban J connectivity index is 1.29. The fourth-order valence-corrected chi connectivity index (χ4v) is 9.48. The van der Waals surface area contributed by atoms with Crippen LogP contribution in [0.1, 0.15) is 42.4 Å². The maximum absolute atomic E-state index is 13.7. The molecule has 0 bridgehead atoms. The summed E-state index contributed by atoms with van der Waals surface area (Å²) in [6.45, 7) is 3.20. The Morgan fingerprint density at radius 2 is 1.79 bits per heavy atom. The van der Waals surface area contributed by atoms with E-state index in [-0.39, 0.29) is 39.4 Å². The summed E-state index contributed by atoms with van der Waals surface area (Å²) in [6.07, 6.45) is -2.51. The van der Waals surface area contributed by atoms with Crippen molar-refractivity contribution in [3.05, 3.63) is 82.9 Å². The third kappa shape index (κ3) is 6.70. The number of carboxylic acid groups (broad SMARTS) is 1. The number of primary sulfonamides is 1. The molecule has 0 aromatic heterocycles. The van der Waals surface area contributed by atoms with Gasteiger partial charge in [-0.25, -0.2) is 26.8 Å². The third-order valence-corrected chi connectivity index (χ3v) is 13.0. The lowest BCUT2D eigenvalue weighted by molar-refractivity contribution is -0.795. The number of carbonyl (C=O) groups is 3. The Kier molecular flexibility index (Phi) is 10.0. The summed E-state index contributed by atoms with van der Waals surface area (Å²) in [5.74, 6) is -0.715. The number of amides is 2. The summed E-state index contributed by atoms with van der Waals surface area (Å²) in [5.41, 5.74) is 1.12. The predicted molar refractivity (Wildman–Crippen MR) is 180 cm³/mol. The number of thioether (sulfide) groups is 1. The molecule has 1 saturated heterocycles. The largest absolute Gasteiger partial charge is 0.521 e. The van der Waals surface area contributed by atoms with Crippen molar-refractivity contribution in [3.63, 3.8) is 0 Å². The number of benzene rings is 3. The number of ether oxygens (including phenoxy) is 1. The highest BCUT2D eigenvalue weighted by Crippen LogP contribution is 2.41. The molecule has 4 N–H and O–H groups in total. The number of nitrogens with two attached hydrogens (primary N) is 1. The van der Waals surface area contributed by atoms with Gasteiger partial charge in [0.1, 0.15) is 34.3 Å². The van der Waals surface area contributed by atoms with Crippen LogP contribution in [0.2, 0.25) is 5.02 Å². The monoisotopic (exact) mass is 737 g/mol. The zero-order chi connectivity index (χ0) is 35.2. The van der Waals surface area contributed by atoms with Gasteiger partial charge in [0.2, 0.25) is 25.2 Å². The van der Waals surface area contributed by atoms with E-state index in [1.165, 1.54) is 13.1 Å². The lowest BCUT2D eigenvalue weighted by Crippen LogP contribution is -2.61. The van der Waals surface area contributed by atoms with Gasteiger partial charge in [0.15, 0.2) is 6.10 Å². The molecule has 1 fully saturated rings. The van der Waals surface area contributed by atoms with E-state index in [0.717, 1.165) is 22.1 Å². The summed E-state index contributed by atoms with van der Waals surface area (Å²) in [6, 6.07) is 16.7. The molecule has 2 aliphatic heterocycles. The van der Waals surface area contributed by atoms with Crippen LogP contribution < -0.4 is 15.2 Å². The van der Waals surface area contributed by atoms with Gasteiger partial charge in [-0.3, -0.25) is 4.79 Å². The van der Waals surface area contributed by atoms with Gasteiger partial charge in [-0.05, 0) is 43.7 Å². The number of nitrogens with zero attached hydrogens (tertiary/aromatic N) is 2. The van der Waals surface area contributed by atoms with E-state index < -0.39 is 65.7 Å². The Morgan fingerprint density at radius 1 is 1.15 bits per heavy atom. The summed E-state index contributed by atoms with van der Waals surface area (Å²) >= 11 is 7.09. The molecule has 48 heavy (non-hydrogen) atoms. The van der Waals surface area contributed by atoms with E-state index in [4.69, 9.17) is 21.5 Å². The van der Waals surface area contributed by atoms with Crippen molar-refractivity contribution in [2.45, 2.75) is 48.4 Å². The van der Waals surface area contributed by atoms with Gasteiger partial charge in [-0.2, -0.15) is 13.6 Å². The Bertz CT molecular complexity index is 1980. The molecule has 256 valence electrons. The van der Waals surface area contributed by atoms with Gasteiger partial charge >= 0.3 is 12.0 Å². The molecule has 0 saturated carbocycles. The molecular formula is C31H34ClN4O9S3+. The van der Waals surface area contributed by atoms with Crippen molar-refractivity contribution in [1.82, 2.24) is 4.31 Å². The van der Waals surface area contributed by atoms with E-state index in [0.29, 0.717) is 16.9 Å². The molecule has 17 heteroatoms. The standard InChI is InChI=1S/C31H33ClN4O9S3/c1-18(17-46-30(38)21-7-5-4-6-8-21)29(37)36(31(39)40)16-23(13-19(36)2)45-22-11-9-20(10-12-22)28-34-25-14-24(32)26(47(33,41)42)15-27(25)48(43,44)35(28)3/h4-12,14-15,18-19,23,28,34H,13,16-17H2,1-3H3,(H2-,33,39,40,41,42)/p+1/t18?,19?,23-,28?,36-/m0/s1. The molecular weight excluding hydrogens is 704 g/mol. The number of rotatable bonds is 8. The first-order chi connectivity index (χ1) is 22.5. The zero-order valence-electron chi connectivity index (χ0n) is 26.1. The third-order valence-electron chi connectivity index (χ3n) is 8.63. The van der Waals surface area contributed by atoms with Crippen molar-refractivity contribution in [1.29, 1.82) is 0 Å². The van der Waals surface area contributed by atoms with Crippen molar-refractivity contribution in [3.8, 4) is 5.75 Å². The maximum Gasteiger partial charge on any atom is 0.521 e. The number of quaternary nitrogens is 1. The van der Waals surface area contributed by atoms with Crippen LogP contribution in [-0.4, -0.2) is 79.3 Å². The normalized spacial score (nSPS) is 24.2. The number of fused-ring (bicyclic) bond motifs is 1. The van der Waals surface area contributed by atoms with Crippen LogP contribution in [0.25, 0.3) is 0 Å². The van der Waals surface area contributed by atoms with Crippen LogP contribution in [0.3, 0.4) is 0 Å². The van der Waals surface area contributed by atoms with Gasteiger partial charge in [0, 0.05) is 24.8 Å². The van der Waals surface area contributed by atoms with Crippen LogP contribution in [0, 0.1) is 5.92 Å². The van der Waals surface area contributed by atoms with Crippen LogP contribution in [0.15, 0.2) is 76.5 Å². The Morgan fingerprint density at radius 3 is 2.40 bits per heavy atom. The SMILES string of the molecule is CC(CSC(=O)c1ccccc1)C(=O)[N@+]1(C(=O)O)C[C@@H](Oc2ccc(C3Nc4cc(Cl)c(S(N)(=O)=O)cc4S(=O)(=O)N3C)cc2)CC1C. The number of carbonyl (C=O) groups excluding carboxylic acids is 2. The van der Waals surface area contributed by atoms with Gasteiger partial charge in [-0.15, -0.1) is 0 Å². The van der Waals surface area contributed by atoms with E-state index in [9.17, 15) is 36.3 Å². The first-order valence-corrected chi connectivity index (χ1v) is 19.1. The van der Waals surface area contributed by atoms with Gasteiger partial charge in [0.25, 0.3) is 0 Å². The average molecular weight is 738 g/mol. The smallest absolute Gasteiger partial charge is 0.484 e. The molecule has 2 heterocycles. The molecule has 0 aliphatic carbocycles. The number of likely N-dealkylation sites (tertiary alicyclic amines) is 1. The molecule has 5 atom stereocenters. The van der Waals surface area contributed by atoms with Crippen molar-refractivity contribution >= 4 is 66.2 Å². The van der Waals surface area contributed by atoms with Gasteiger partial charge < -0.3 is 15.2 Å². The first kappa shape index (κ1) is 35.8. The maximum atomic E-state index is 13.7. The minimum Gasteiger partial charge on any atom is -0.484 e. The Labute approximate surface area is 287 Å². The second kappa shape index (κ2) is 13.4. The van der Waals surface area contributed by atoms with Crippen LogP contribution in [0.5, 0.6) is 5.75 Å². The second-order valence-electron chi connectivity index (χ2n) is 11.8. The van der Waals surface area contributed by atoms with E-state index in [1.807, 2.05) is 0 Å². The lowest BCUT2D eigenvalue weighted by Gasteiger charge is -2.35. The fourth-order valence-electron chi connectivity index (χ4n) is 6.04. The average Bonchev–Trinajstić information content (AvgIpc) is 3.37. The highest BCUT2D eigenvalue weighted by Gasteiger charge is 2.58. The van der Waals surface area contributed by atoms with Crippen LogP contribution in [-0.2, 0) is 24.8 Å². The topological polar surface area (TPSA) is 190 Å². The summed E-state index contributed by atoms with van der Waals surface area (Å²) in [4.78, 5) is 38.0. The van der Waals surface area contributed by atoms with Gasteiger partial charge in [0.05, 0.1) is 16.6 Å². The molecule has 2 aliphatic rings. The summed E-state index contributed by atoms with van der Waals surface area (Å²) in [5, 5.41) is 18.1. The van der Waals surface area contributed by atoms with Gasteiger partial charge in [-0.1, -0.05) is 65.8 Å². The molecule has 2 amide bonds. The van der Waals surface area contributed by atoms with Crippen LogP contribution in [0.4, 0.5) is 10.5 Å². The minimum atomic E-state index is -4.28. The minimum absolute atomic E-state index is 0.0975.